The molecule has 1 aromatic heterocycles. The van der Waals surface area contributed by atoms with Gasteiger partial charge in [-0.15, -0.1) is 0 Å². The van der Waals surface area contributed by atoms with Crippen LogP contribution in [0.5, 0.6) is 0 Å². The lowest BCUT2D eigenvalue weighted by Crippen LogP contribution is -2.30. The second-order valence-electron chi connectivity index (χ2n) is 5.26. The molecule has 0 bridgehead atoms. The minimum absolute atomic E-state index is 0.356. The van der Waals surface area contributed by atoms with Crippen molar-refractivity contribution in [2.75, 3.05) is 0 Å². The molecule has 3 N–H and O–H groups in total. The molecule has 0 aliphatic carbocycles. The van der Waals surface area contributed by atoms with Crippen molar-refractivity contribution in [3.05, 3.63) is 47.5 Å². The Hall–Kier alpha value is -2.53. The predicted octanol–water partition coefficient (Wildman–Crippen LogP) is 2.73. The van der Waals surface area contributed by atoms with Crippen molar-refractivity contribution in [1.82, 2.24) is 15.4 Å². The van der Waals surface area contributed by atoms with E-state index in [1.807, 2.05) is 18.2 Å². The number of amides is 1. The van der Waals surface area contributed by atoms with Crippen LogP contribution in [-0.4, -0.2) is 15.9 Å². The number of hydrogen-bond acceptors (Lipinski definition) is 4. The molecule has 22 heavy (non-hydrogen) atoms. The summed E-state index contributed by atoms with van der Waals surface area (Å²) in [5, 5.41) is 0. The predicted molar refractivity (Wildman–Crippen MR) is 87.3 cm³/mol. The van der Waals surface area contributed by atoms with Gasteiger partial charge >= 0.3 is 0 Å². The van der Waals surface area contributed by atoms with Gasteiger partial charge in [0.2, 0.25) is 0 Å². The lowest BCUT2D eigenvalue weighted by molar-refractivity contribution is 0.0955. The lowest BCUT2D eigenvalue weighted by atomic mass is 10.1. The third-order valence-corrected chi connectivity index (χ3v) is 3.75. The van der Waals surface area contributed by atoms with Crippen LogP contribution >= 0.6 is 0 Å². The van der Waals surface area contributed by atoms with Gasteiger partial charge in [0.15, 0.2) is 0 Å². The van der Waals surface area contributed by atoms with Crippen molar-refractivity contribution in [2.24, 2.45) is 5.84 Å². The van der Waals surface area contributed by atoms with E-state index in [2.05, 4.69) is 23.4 Å². The number of nitrogen functional groups attached to an aromatic ring is 1. The van der Waals surface area contributed by atoms with Crippen LogP contribution in [0.1, 0.15) is 35.7 Å². The number of nitrogens with zero attached hydrogens (tertiary/aromatic N) is 2. The molecule has 3 aromatic rings. The molecule has 2 aromatic carbocycles. The number of nitrogens with one attached hydrogen (secondary N) is 1. The second kappa shape index (κ2) is 6.07. The van der Waals surface area contributed by atoms with Crippen LogP contribution in [0.25, 0.3) is 22.1 Å². The van der Waals surface area contributed by atoms with Crippen LogP contribution in [0.3, 0.4) is 0 Å². The Bertz CT molecular complexity index is 845. The summed E-state index contributed by atoms with van der Waals surface area (Å²) in [6, 6.07) is 11.4. The quantitative estimate of drug-likeness (QED) is 0.335. The van der Waals surface area contributed by atoms with Crippen LogP contribution in [0.15, 0.2) is 36.4 Å². The number of carbonyl (C=O) groups excluding carboxylic acids is 1. The van der Waals surface area contributed by atoms with Crippen molar-refractivity contribution in [2.45, 2.75) is 26.2 Å². The Labute approximate surface area is 128 Å². The van der Waals surface area contributed by atoms with Crippen molar-refractivity contribution in [3.63, 3.8) is 0 Å². The molecule has 0 unspecified atom stereocenters. The Morgan fingerprint density at radius 1 is 1.09 bits per heavy atom. The first-order valence-corrected chi connectivity index (χ1v) is 7.44. The molecule has 5 heteroatoms. The number of nitrogens with two attached hydrogens (primary N) is 1. The number of rotatable bonds is 4. The maximum Gasteiger partial charge on any atom is 0.267 e. The summed E-state index contributed by atoms with van der Waals surface area (Å²) in [6.07, 6.45) is 3.18. The van der Waals surface area contributed by atoms with Gasteiger partial charge in [-0.3, -0.25) is 10.2 Å². The van der Waals surface area contributed by atoms with Gasteiger partial charge in [-0.05, 0) is 36.6 Å². The molecule has 0 saturated carbocycles. The molecule has 3 rings (SSSR count). The van der Waals surface area contributed by atoms with E-state index >= 15 is 0 Å². The average molecular weight is 294 g/mol. The first-order valence-electron chi connectivity index (χ1n) is 7.44. The Kier molecular flexibility index (Phi) is 3.98. The molecule has 0 saturated heterocycles. The van der Waals surface area contributed by atoms with Crippen molar-refractivity contribution >= 4 is 28.0 Å². The maximum atomic E-state index is 11.9. The van der Waals surface area contributed by atoms with E-state index in [0.717, 1.165) is 35.9 Å². The number of hydrogen-bond donors (Lipinski definition) is 2. The lowest BCUT2D eigenvalue weighted by Gasteiger charge is -2.08. The molecule has 0 aliphatic rings. The molecule has 0 atom stereocenters. The Morgan fingerprint density at radius 3 is 2.55 bits per heavy atom. The third kappa shape index (κ3) is 2.51. The van der Waals surface area contributed by atoms with Crippen LogP contribution < -0.4 is 11.3 Å². The monoisotopic (exact) mass is 294 g/mol. The van der Waals surface area contributed by atoms with Gasteiger partial charge in [0, 0.05) is 0 Å². The highest BCUT2D eigenvalue weighted by Gasteiger charge is 2.13. The van der Waals surface area contributed by atoms with Crippen molar-refractivity contribution in [1.29, 1.82) is 0 Å². The fraction of sp³-hybridized carbons (Fsp3) is 0.235. The standard InChI is InChI=1S/C17H18N4O/c1-2-3-6-11-7-4-9-13-15(11)20-16-12(17(22)21-18)8-5-10-14(16)19-13/h4-5,7-10H,2-3,6,18H2,1H3,(H,21,22). The number of hydrazine groups is 1. The SMILES string of the molecule is CCCCc1cccc2nc3cccc(C(=O)NN)c3nc12. The number of aromatic nitrogens is 2. The highest BCUT2D eigenvalue weighted by atomic mass is 16.2. The minimum Gasteiger partial charge on any atom is -0.290 e. The van der Waals surface area contributed by atoms with E-state index in [0.29, 0.717) is 16.6 Å². The summed E-state index contributed by atoms with van der Waals surface area (Å²) in [7, 11) is 0. The highest BCUT2D eigenvalue weighted by molar-refractivity contribution is 6.05. The Morgan fingerprint density at radius 2 is 1.82 bits per heavy atom. The van der Waals surface area contributed by atoms with Crippen molar-refractivity contribution < 1.29 is 4.79 Å². The number of aryl methyl sites for hydroxylation is 1. The molecule has 0 fully saturated rings. The summed E-state index contributed by atoms with van der Waals surface area (Å²) in [6.45, 7) is 2.16. The highest BCUT2D eigenvalue weighted by Crippen LogP contribution is 2.22. The number of para-hydroxylation sites is 2. The number of unbranched alkanes of at least 4 members (excludes halogenated alkanes) is 1. The molecule has 1 amide bonds. The fourth-order valence-corrected chi connectivity index (χ4v) is 2.61. The van der Waals surface area contributed by atoms with Gasteiger partial charge < -0.3 is 0 Å². The zero-order valence-electron chi connectivity index (χ0n) is 12.5. The molecular weight excluding hydrogens is 276 g/mol. The first-order chi connectivity index (χ1) is 10.7. The third-order valence-electron chi connectivity index (χ3n) is 3.75. The van der Waals surface area contributed by atoms with Gasteiger partial charge in [0.25, 0.3) is 5.91 Å². The minimum atomic E-state index is -0.356. The molecule has 0 radical (unpaired) electrons. The second-order valence-corrected chi connectivity index (χ2v) is 5.26. The van der Waals surface area contributed by atoms with Gasteiger partial charge in [-0.2, -0.15) is 0 Å². The van der Waals surface area contributed by atoms with Crippen LogP contribution in [0, 0.1) is 0 Å². The largest absolute Gasteiger partial charge is 0.290 e. The fourth-order valence-electron chi connectivity index (χ4n) is 2.61. The normalized spacial score (nSPS) is 11.0. The average Bonchev–Trinajstić information content (AvgIpc) is 2.56. The Balaban J connectivity index is 2.26. The van der Waals surface area contributed by atoms with E-state index in [4.69, 9.17) is 10.8 Å². The summed E-state index contributed by atoms with van der Waals surface area (Å²) >= 11 is 0. The zero-order valence-corrected chi connectivity index (χ0v) is 12.5. The topological polar surface area (TPSA) is 80.9 Å². The number of fused-ring (bicyclic) bond motifs is 2. The van der Waals surface area contributed by atoms with Crippen molar-refractivity contribution in [3.8, 4) is 0 Å². The van der Waals surface area contributed by atoms with E-state index in [1.54, 1.807) is 12.1 Å². The van der Waals surface area contributed by atoms with E-state index in [-0.39, 0.29) is 5.91 Å². The van der Waals surface area contributed by atoms with Crippen LogP contribution in [0.2, 0.25) is 0 Å². The summed E-state index contributed by atoms with van der Waals surface area (Å²) in [5.74, 6) is 4.90. The van der Waals surface area contributed by atoms with E-state index < -0.39 is 0 Å². The van der Waals surface area contributed by atoms with Crippen LogP contribution in [0.4, 0.5) is 0 Å². The summed E-state index contributed by atoms with van der Waals surface area (Å²) in [5.41, 5.74) is 6.77. The molecular formula is C17H18N4O. The van der Waals surface area contributed by atoms with E-state index in [1.165, 1.54) is 0 Å². The van der Waals surface area contributed by atoms with E-state index in [9.17, 15) is 4.79 Å². The smallest absolute Gasteiger partial charge is 0.267 e. The molecule has 112 valence electrons. The first kappa shape index (κ1) is 14.4. The van der Waals surface area contributed by atoms with Gasteiger partial charge in [0.05, 0.1) is 22.1 Å². The summed E-state index contributed by atoms with van der Waals surface area (Å²) in [4.78, 5) is 21.3. The summed E-state index contributed by atoms with van der Waals surface area (Å²) < 4.78 is 0. The number of benzene rings is 2. The molecule has 0 aliphatic heterocycles. The molecule has 5 nitrogen and oxygen atoms in total. The molecule has 0 spiro atoms. The van der Waals surface area contributed by atoms with Gasteiger partial charge in [-0.25, -0.2) is 15.8 Å². The van der Waals surface area contributed by atoms with Crippen LogP contribution in [-0.2, 0) is 6.42 Å². The van der Waals surface area contributed by atoms with Gasteiger partial charge in [-0.1, -0.05) is 31.5 Å². The zero-order chi connectivity index (χ0) is 15.5. The molecule has 1 heterocycles. The maximum absolute atomic E-state index is 11.9. The van der Waals surface area contributed by atoms with Gasteiger partial charge in [0.1, 0.15) is 5.52 Å². The number of carbonyl (C=O) groups is 1.